The van der Waals surface area contributed by atoms with Crippen molar-refractivity contribution in [2.45, 2.75) is 33.0 Å². The fraction of sp³-hybridized carbons (Fsp3) is 0.450. The van der Waals surface area contributed by atoms with Gasteiger partial charge < -0.3 is 15.4 Å². The molecule has 0 aliphatic carbocycles. The molecule has 2 heterocycles. The van der Waals surface area contributed by atoms with Crippen LogP contribution >= 0.6 is 11.3 Å². The molecule has 1 aliphatic rings. The maximum Gasteiger partial charge on any atom is 0.315 e. The molecule has 6 heteroatoms. The molecule has 3 rings (SSSR count). The quantitative estimate of drug-likeness (QED) is 0.784. The van der Waals surface area contributed by atoms with Crippen LogP contribution in [0.2, 0.25) is 0 Å². The first kappa shape index (κ1) is 18.9. The molecule has 26 heavy (non-hydrogen) atoms. The summed E-state index contributed by atoms with van der Waals surface area (Å²) in [5.41, 5.74) is 2.43. The van der Waals surface area contributed by atoms with Crippen LogP contribution in [0.3, 0.4) is 0 Å². The number of benzene rings is 1. The molecule has 1 aliphatic heterocycles. The van der Waals surface area contributed by atoms with Gasteiger partial charge in [0.25, 0.3) is 0 Å². The molecule has 140 valence electrons. The van der Waals surface area contributed by atoms with Gasteiger partial charge in [0.2, 0.25) is 0 Å². The Balaban J connectivity index is 1.48. The topological polar surface area (TPSA) is 53.6 Å². The Labute approximate surface area is 159 Å². The largest absolute Gasteiger partial charge is 0.379 e. The van der Waals surface area contributed by atoms with Crippen LogP contribution in [0, 0.1) is 0 Å². The van der Waals surface area contributed by atoms with Gasteiger partial charge in [-0.15, -0.1) is 11.3 Å². The van der Waals surface area contributed by atoms with E-state index in [0.29, 0.717) is 13.1 Å². The Morgan fingerprint density at radius 2 is 1.73 bits per heavy atom. The lowest BCUT2D eigenvalue weighted by atomic mass is 10.1. The Morgan fingerprint density at radius 1 is 1.04 bits per heavy atom. The minimum absolute atomic E-state index is 0.127. The van der Waals surface area contributed by atoms with Crippen molar-refractivity contribution in [3.63, 3.8) is 0 Å². The molecule has 1 aromatic heterocycles. The van der Waals surface area contributed by atoms with Crippen molar-refractivity contribution < 1.29 is 9.53 Å². The number of urea groups is 1. The number of thiophene rings is 1. The molecule has 0 radical (unpaired) electrons. The summed E-state index contributed by atoms with van der Waals surface area (Å²) in [6.07, 6.45) is 1.04. The van der Waals surface area contributed by atoms with Gasteiger partial charge >= 0.3 is 6.03 Å². The van der Waals surface area contributed by atoms with Gasteiger partial charge in [0.1, 0.15) is 0 Å². The lowest BCUT2D eigenvalue weighted by Crippen LogP contribution is -2.37. The number of hydrogen-bond donors (Lipinski definition) is 2. The zero-order chi connectivity index (χ0) is 18.2. The Hall–Kier alpha value is -1.89. The molecule has 1 saturated heterocycles. The number of nitrogens with one attached hydrogen (secondary N) is 2. The molecule has 0 spiro atoms. The molecule has 0 bridgehead atoms. The Kier molecular flexibility index (Phi) is 7.05. The maximum absolute atomic E-state index is 12.1. The molecule has 2 N–H and O–H groups in total. The summed E-state index contributed by atoms with van der Waals surface area (Å²) in [4.78, 5) is 17.0. The summed E-state index contributed by atoms with van der Waals surface area (Å²) in [6.45, 7) is 7.67. The molecular formula is C20H27N3O2S. The number of ether oxygens (including phenoxy) is 1. The first-order chi connectivity index (χ1) is 12.7. The van der Waals surface area contributed by atoms with Crippen LogP contribution in [0.25, 0.3) is 0 Å². The van der Waals surface area contributed by atoms with Crippen LogP contribution in [-0.2, 0) is 30.8 Å². The van der Waals surface area contributed by atoms with Crippen LogP contribution in [-0.4, -0.2) is 37.2 Å². The summed E-state index contributed by atoms with van der Waals surface area (Å²) in [5, 5.41) is 5.92. The van der Waals surface area contributed by atoms with Crippen molar-refractivity contribution in [1.29, 1.82) is 0 Å². The standard InChI is InChI=1S/C20H27N3O2S/c1-2-18-7-8-19(26-18)14-22-20(24)21-13-16-5-3-4-6-17(16)15-23-9-11-25-12-10-23/h3-8H,2,9-15H2,1H3,(H2,21,22,24). The lowest BCUT2D eigenvalue weighted by molar-refractivity contribution is 0.0341. The number of aryl methyl sites for hydroxylation is 1. The summed E-state index contributed by atoms with van der Waals surface area (Å²) >= 11 is 1.75. The third-order valence-electron chi connectivity index (χ3n) is 4.54. The smallest absolute Gasteiger partial charge is 0.315 e. The van der Waals surface area contributed by atoms with Crippen LogP contribution in [0.1, 0.15) is 27.8 Å². The molecule has 0 unspecified atom stereocenters. The van der Waals surface area contributed by atoms with E-state index in [1.807, 2.05) is 6.07 Å². The highest BCUT2D eigenvalue weighted by Gasteiger charge is 2.13. The van der Waals surface area contributed by atoms with Gasteiger partial charge in [-0.1, -0.05) is 31.2 Å². The fourth-order valence-corrected chi connectivity index (χ4v) is 3.89. The third-order valence-corrected chi connectivity index (χ3v) is 5.77. The molecule has 2 aromatic rings. The van der Waals surface area contributed by atoms with Crippen LogP contribution in [0.5, 0.6) is 0 Å². The molecule has 0 atom stereocenters. The van der Waals surface area contributed by atoms with Crippen LogP contribution < -0.4 is 10.6 Å². The van der Waals surface area contributed by atoms with Crippen molar-refractivity contribution >= 4 is 17.4 Å². The van der Waals surface area contributed by atoms with E-state index in [1.165, 1.54) is 20.9 Å². The second kappa shape index (κ2) is 9.71. The number of carbonyl (C=O) groups excluding carboxylic acids is 1. The Bertz CT molecular complexity index is 711. The van der Waals surface area contributed by atoms with Gasteiger partial charge in [0.15, 0.2) is 0 Å². The Morgan fingerprint density at radius 3 is 2.46 bits per heavy atom. The lowest BCUT2D eigenvalue weighted by Gasteiger charge is -2.27. The summed E-state index contributed by atoms with van der Waals surface area (Å²) < 4.78 is 5.41. The monoisotopic (exact) mass is 373 g/mol. The van der Waals surface area contributed by atoms with Crippen molar-refractivity contribution in [1.82, 2.24) is 15.5 Å². The van der Waals surface area contributed by atoms with Gasteiger partial charge in [-0.05, 0) is 29.7 Å². The number of morpholine rings is 1. The number of carbonyl (C=O) groups is 1. The van der Waals surface area contributed by atoms with Gasteiger partial charge in [0, 0.05) is 35.9 Å². The molecule has 2 amide bonds. The number of nitrogens with zero attached hydrogens (tertiary/aromatic N) is 1. The predicted molar refractivity (Wildman–Crippen MR) is 105 cm³/mol. The average Bonchev–Trinajstić information content (AvgIpc) is 3.15. The van der Waals surface area contributed by atoms with E-state index < -0.39 is 0 Å². The highest BCUT2D eigenvalue weighted by molar-refractivity contribution is 7.11. The van der Waals surface area contributed by atoms with Gasteiger partial charge in [-0.3, -0.25) is 4.90 Å². The third kappa shape index (κ3) is 5.56. The van der Waals surface area contributed by atoms with E-state index in [9.17, 15) is 4.79 Å². The van der Waals surface area contributed by atoms with Gasteiger partial charge in [-0.25, -0.2) is 4.79 Å². The number of hydrogen-bond acceptors (Lipinski definition) is 4. The highest BCUT2D eigenvalue weighted by atomic mass is 32.1. The summed E-state index contributed by atoms with van der Waals surface area (Å²) in [7, 11) is 0. The molecular weight excluding hydrogens is 346 g/mol. The molecule has 1 fully saturated rings. The van der Waals surface area contributed by atoms with Gasteiger partial charge in [-0.2, -0.15) is 0 Å². The highest BCUT2D eigenvalue weighted by Crippen LogP contribution is 2.16. The zero-order valence-electron chi connectivity index (χ0n) is 15.3. The minimum Gasteiger partial charge on any atom is -0.379 e. The van der Waals surface area contributed by atoms with Crippen LogP contribution in [0.15, 0.2) is 36.4 Å². The van der Waals surface area contributed by atoms with Crippen molar-refractivity contribution in [3.8, 4) is 0 Å². The van der Waals surface area contributed by atoms with Gasteiger partial charge in [0.05, 0.1) is 19.8 Å². The van der Waals surface area contributed by atoms with Crippen molar-refractivity contribution in [2.75, 3.05) is 26.3 Å². The molecule has 1 aromatic carbocycles. The fourth-order valence-electron chi connectivity index (χ4n) is 3.00. The summed E-state index contributed by atoms with van der Waals surface area (Å²) in [5.74, 6) is 0. The number of rotatable bonds is 7. The van der Waals surface area contributed by atoms with E-state index >= 15 is 0 Å². The van der Waals surface area contributed by atoms with E-state index in [-0.39, 0.29) is 6.03 Å². The number of amides is 2. The first-order valence-corrected chi connectivity index (χ1v) is 10.0. The van der Waals surface area contributed by atoms with E-state index in [2.05, 4.69) is 52.8 Å². The van der Waals surface area contributed by atoms with Crippen molar-refractivity contribution in [3.05, 3.63) is 57.3 Å². The second-order valence-corrected chi connectivity index (χ2v) is 7.67. The molecule has 5 nitrogen and oxygen atoms in total. The van der Waals surface area contributed by atoms with Crippen molar-refractivity contribution in [2.24, 2.45) is 0 Å². The SMILES string of the molecule is CCc1ccc(CNC(=O)NCc2ccccc2CN2CCOCC2)s1. The summed E-state index contributed by atoms with van der Waals surface area (Å²) in [6, 6.07) is 12.4. The average molecular weight is 374 g/mol. The molecule has 0 saturated carbocycles. The normalized spacial score (nSPS) is 15.0. The predicted octanol–water partition coefficient (Wildman–Crippen LogP) is 3.14. The van der Waals surface area contributed by atoms with Crippen LogP contribution in [0.4, 0.5) is 4.79 Å². The van der Waals surface area contributed by atoms with E-state index in [0.717, 1.165) is 39.3 Å². The maximum atomic E-state index is 12.1. The first-order valence-electron chi connectivity index (χ1n) is 9.20. The second-order valence-electron chi connectivity index (χ2n) is 6.42. The van der Waals surface area contributed by atoms with E-state index in [4.69, 9.17) is 4.74 Å². The van der Waals surface area contributed by atoms with E-state index in [1.54, 1.807) is 11.3 Å². The minimum atomic E-state index is -0.127. The zero-order valence-corrected chi connectivity index (χ0v) is 16.1.